The fourth-order valence-corrected chi connectivity index (χ4v) is 2.37. The van der Waals surface area contributed by atoms with Crippen LogP contribution in [0.3, 0.4) is 0 Å². The lowest BCUT2D eigenvalue weighted by Crippen LogP contribution is -2.21. The van der Waals surface area contributed by atoms with E-state index in [4.69, 9.17) is 30.5 Å². The zero-order chi connectivity index (χ0) is 20.0. The smallest absolute Gasteiger partial charge is 0.338 e. The Balaban J connectivity index is 2.07. The number of carbonyl (C=O) groups excluding carboxylic acids is 2. The molecule has 0 aliphatic heterocycles. The third-order valence-electron chi connectivity index (χ3n) is 3.44. The molecule has 0 aliphatic carbocycles. The minimum absolute atomic E-state index is 0.0891. The lowest BCUT2D eigenvalue weighted by molar-refractivity contribution is -0.119. The number of nitrogens with one attached hydrogen (secondary N) is 1. The van der Waals surface area contributed by atoms with E-state index in [0.29, 0.717) is 5.75 Å². The standard InChI is InChI=1S/C18H17ClFNO6/c1-24-14-6-10(7-15(25-2)17(14)26-3)18(23)27-9-16(22)21-13-8-11(19)4-5-12(13)20/h4-8H,9H2,1-3H3,(H,21,22). The predicted molar refractivity (Wildman–Crippen MR) is 96.4 cm³/mol. The van der Waals surface area contributed by atoms with Crippen molar-refractivity contribution in [3.05, 3.63) is 46.7 Å². The molecule has 0 radical (unpaired) electrons. The number of ether oxygens (including phenoxy) is 4. The Kier molecular flexibility index (Phi) is 6.84. The van der Waals surface area contributed by atoms with Gasteiger partial charge in [-0.3, -0.25) is 4.79 Å². The van der Waals surface area contributed by atoms with Gasteiger partial charge in [-0.15, -0.1) is 0 Å². The highest BCUT2D eigenvalue weighted by Gasteiger charge is 2.19. The summed E-state index contributed by atoms with van der Waals surface area (Å²) in [6, 6.07) is 6.48. The summed E-state index contributed by atoms with van der Waals surface area (Å²) in [5.41, 5.74) is -0.0254. The van der Waals surface area contributed by atoms with Crippen LogP contribution in [0.4, 0.5) is 10.1 Å². The van der Waals surface area contributed by atoms with Gasteiger partial charge in [0.2, 0.25) is 5.75 Å². The molecular weight excluding hydrogens is 381 g/mol. The van der Waals surface area contributed by atoms with Crippen molar-refractivity contribution in [1.29, 1.82) is 0 Å². The van der Waals surface area contributed by atoms with Gasteiger partial charge in [-0.2, -0.15) is 0 Å². The second kappa shape index (κ2) is 9.09. The van der Waals surface area contributed by atoms with Gasteiger partial charge in [-0.1, -0.05) is 11.6 Å². The molecule has 0 atom stereocenters. The highest BCUT2D eigenvalue weighted by molar-refractivity contribution is 6.30. The second-order valence-electron chi connectivity index (χ2n) is 5.16. The quantitative estimate of drug-likeness (QED) is 0.722. The Bertz CT molecular complexity index is 833. The molecule has 0 heterocycles. The van der Waals surface area contributed by atoms with Crippen molar-refractivity contribution in [1.82, 2.24) is 0 Å². The second-order valence-corrected chi connectivity index (χ2v) is 5.60. The van der Waals surface area contributed by atoms with Crippen LogP contribution in [0, 0.1) is 5.82 Å². The van der Waals surface area contributed by atoms with Gasteiger partial charge in [-0.25, -0.2) is 9.18 Å². The first-order chi connectivity index (χ1) is 12.9. The lowest BCUT2D eigenvalue weighted by Gasteiger charge is -2.13. The third kappa shape index (κ3) is 5.01. The molecule has 0 aromatic heterocycles. The van der Waals surface area contributed by atoms with Gasteiger partial charge in [0.15, 0.2) is 18.1 Å². The van der Waals surface area contributed by atoms with E-state index in [1.54, 1.807) is 0 Å². The fraction of sp³-hybridized carbons (Fsp3) is 0.222. The van der Waals surface area contributed by atoms with Crippen LogP contribution in [0.15, 0.2) is 30.3 Å². The zero-order valence-corrected chi connectivity index (χ0v) is 15.6. The number of amides is 1. The van der Waals surface area contributed by atoms with Crippen molar-refractivity contribution in [2.45, 2.75) is 0 Å². The largest absolute Gasteiger partial charge is 0.493 e. The molecule has 0 aliphatic rings. The van der Waals surface area contributed by atoms with E-state index < -0.39 is 24.3 Å². The first kappa shape index (κ1) is 20.3. The average Bonchev–Trinajstić information content (AvgIpc) is 2.67. The van der Waals surface area contributed by atoms with Crippen molar-refractivity contribution in [3.63, 3.8) is 0 Å². The molecule has 0 spiro atoms. The third-order valence-corrected chi connectivity index (χ3v) is 3.67. The minimum atomic E-state index is -0.795. The van der Waals surface area contributed by atoms with E-state index in [1.165, 1.54) is 45.6 Å². The highest BCUT2D eigenvalue weighted by Crippen LogP contribution is 2.38. The number of esters is 1. The molecule has 2 aromatic rings. The Morgan fingerprint density at radius 1 is 1.04 bits per heavy atom. The van der Waals surface area contributed by atoms with Gasteiger partial charge in [0.05, 0.1) is 32.6 Å². The number of methoxy groups -OCH3 is 3. The predicted octanol–water partition coefficient (Wildman–Crippen LogP) is 3.30. The van der Waals surface area contributed by atoms with Crippen molar-refractivity contribution < 1.29 is 32.9 Å². The topological polar surface area (TPSA) is 83.1 Å². The minimum Gasteiger partial charge on any atom is -0.493 e. The summed E-state index contributed by atoms with van der Waals surface area (Å²) in [6.07, 6.45) is 0. The van der Waals surface area contributed by atoms with Crippen LogP contribution < -0.4 is 19.5 Å². The van der Waals surface area contributed by atoms with Crippen LogP contribution >= 0.6 is 11.6 Å². The van der Waals surface area contributed by atoms with E-state index in [0.717, 1.165) is 6.07 Å². The van der Waals surface area contributed by atoms with Gasteiger partial charge < -0.3 is 24.3 Å². The number of rotatable bonds is 7. The van der Waals surface area contributed by atoms with E-state index in [-0.39, 0.29) is 27.8 Å². The van der Waals surface area contributed by atoms with E-state index in [9.17, 15) is 14.0 Å². The van der Waals surface area contributed by atoms with Crippen molar-refractivity contribution >= 4 is 29.2 Å². The molecule has 1 N–H and O–H groups in total. The molecule has 2 aromatic carbocycles. The molecule has 0 fully saturated rings. The first-order valence-corrected chi connectivity index (χ1v) is 7.99. The molecule has 0 bridgehead atoms. The van der Waals surface area contributed by atoms with Gasteiger partial charge in [-0.05, 0) is 30.3 Å². The molecule has 2 rings (SSSR count). The molecule has 1 amide bonds. The number of hydrogen-bond acceptors (Lipinski definition) is 6. The van der Waals surface area contributed by atoms with E-state index >= 15 is 0 Å². The molecular formula is C18H17ClFNO6. The summed E-state index contributed by atoms with van der Waals surface area (Å²) in [7, 11) is 4.23. The average molecular weight is 398 g/mol. The Morgan fingerprint density at radius 2 is 1.67 bits per heavy atom. The normalized spacial score (nSPS) is 10.1. The lowest BCUT2D eigenvalue weighted by atomic mass is 10.2. The fourth-order valence-electron chi connectivity index (χ4n) is 2.19. The molecule has 7 nitrogen and oxygen atoms in total. The Hall–Kier alpha value is -3.00. The summed E-state index contributed by atoms with van der Waals surface area (Å²) in [4.78, 5) is 24.1. The SMILES string of the molecule is COc1cc(C(=O)OCC(=O)Nc2cc(Cl)ccc2F)cc(OC)c1OC. The van der Waals surface area contributed by atoms with Gasteiger partial charge >= 0.3 is 5.97 Å². The van der Waals surface area contributed by atoms with Gasteiger partial charge in [0.25, 0.3) is 5.91 Å². The zero-order valence-electron chi connectivity index (χ0n) is 14.8. The maximum absolute atomic E-state index is 13.6. The van der Waals surface area contributed by atoms with Crippen LogP contribution in [0.1, 0.15) is 10.4 Å². The van der Waals surface area contributed by atoms with Crippen LogP contribution in [0.5, 0.6) is 17.2 Å². The van der Waals surface area contributed by atoms with E-state index in [1.807, 2.05) is 0 Å². The maximum atomic E-state index is 13.6. The monoisotopic (exact) mass is 397 g/mol. The Morgan fingerprint density at radius 3 is 2.22 bits per heavy atom. The van der Waals surface area contributed by atoms with Crippen LogP contribution in [-0.2, 0) is 9.53 Å². The number of carbonyl (C=O) groups is 2. The van der Waals surface area contributed by atoms with Crippen LogP contribution in [0.25, 0.3) is 0 Å². The van der Waals surface area contributed by atoms with Crippen molar-refractivity contribution in [2.24, 2.45) is 0 Å². The molecule has 0 unspecified atom stereocenters. The number of benzene rings is 2. The van der Waals surface area contributed by atoms with Crippen LogP contribution in [-0.4, -0.2) is 39.8 Å². The van der Waals surface area contributed by atoms with E-state index in [2.05, 4.69) is 5.32 Å². The Labute approximate surface area is 159 Å². The summed E-state index contributed by atoms with van der Waals surface area (Å²) in [5, 5.41) is 2.53. The van der Waals surface area contributed by atoms with Crippen molar-refractivity contribution in [2.75, 3.05) is 33.3 Å². The summed E-state index contributed by atoms with van der Waals surface area (Å²) in [6.45, 7) is -0.624. The van der Waals surface area contributed by atoms with Crippen molar-refractivity contribution in [3.8, 4) is 17.2 Å². The summed E-state index contributed by atoms with van der Waals surface area (Å²) >= 11 is 5.75. The highest BCUT2D eigenvalue weighted by atomic mass is 35.5. The molecule has 27 heavy (non-hydrogen) atoms. The number of halogens is 2. The van der Waals surface area contributed by atoms with Gasteiger partial charge in [0, 0.05) is 5.02 Å². The number of anilines is 1. The number of hydrogen-bond donors (Lipinski definition) is 1. The summed E-state index contributed by atoms with van der Waals surface area (Å²) < 4.78 is 34.0. The molecule has 0 saturated heterocycles. The molecule has 9 heteroatoms. The molecule has 0 saturated carbocycles. The summed E-state index contributed by atoms with van der Waals surface area (Å²) in [5.74, 6) is -1.36. The maximum Gasteiger partial charge on any atom is 0.338 e. The van der Waals surface area contributed by atoms with Gasteiger partial charge in [0.1, 0.15) is 5.82 Å². The first-order valence-electron chi connectivity index (χ1n) is 7.61. The van der Waals surface area contributed by atoms with Crippen LogP contribution in [0.2, 0.25) is 5.02 Å². The molecule has 144 valence electrons.